The quantitative estimate of drug-likeness (QED) is 0.843. The Morgan fingerprint density at radius 2 is 1.74 bits per heavy atom. The molecule has 0 aromatic heterocycles. The first-order chi connectivity index (χ1) is 8.69. The zero-order valence-corrected chi connectivity index (χ0v) is 13.3. The maximum Gasteiger partial charge on any atom is 0.257 e. The summed E-state index contributed by atoms with van der Waals surface area (Å²) < 4.78 is 5.31. The topological polar surface area (TPSA) is 38.3 Å². The minimum Gasteiger partial charge on any atom is -0.482 e. The van der Waals surface area contributed by atoms with Gasteiger partial charge in [-0.15, -0.1) is 0 Å². The molecule has 3 nitrogen and oxygen atoms in total. The van der Waals surface area contributed by atoms with E-state index in [1.807, 2.05) is 20.8 Å². The molecule has 0 aliphatic carbocycles. The molecule has 0 radical (unpaired) electrons. The second kappa shape index (κ2) is 6.69. The summed E-state index contributed by atoms with van der Waals surface area (Å²) in [7, 11) is 0. The van der Waals surface area contributed by atoms with E-state index in [1.165, 1.54) is 12.1 Å². The van der Waals surface area contributed by atoms with E-state index in [0.717, 1.165) is 0 Å². The standard InChI is InChI=1S/C13H16Cl3NO2/c1-13(2,3)7-17-12(18)6-19-11-5-9(15)8(14)4-10(11)16/h4-5H,6-7H2,1-3H3,(H,17,18). The van der Waals surface area contributed by atoms with E-state index in [9.17, 15) is 4.79 Å². The Kier molecular flexibility index (Phi) is 5.78. The number of carbonyl (C=O) groups is 1. The third-order valence-corrected chi connectivity index (χ3v) is 3.17. The number of rotatable bonds is 4. The number of amides is 1. The summed E-state index contributed by atoms with van der Waals surface area (Å²) in [5.74, 6) is 0.124. The molecule has 0 heterocycles. The second-order valence-corrected chi connectivity index (χ2v) is 6.54. The van der Waals surface area contributed by atoms with E-state index in [4.69, 9.17) is 39.5 Å². The van der Waals surface area contributed by atoms with Crippen molar-refractivity contribution in [1.29, 1.82) is 0 Å². The van der Waals surface area contributed by atoms with Crippen molar-refractivity contribution in [3.63, 3.8) is 0 Å². The Hall–Kier alpha value is -0.640. The summed E-state index contributed by atoms with van der Waals surface area (Å²) in [6.07, 6.45) is 0. The molecule has 0 saturated carbocycles. The molecular formula is C13H16Cl3NO2. The first kappa shape index (κ1) is 16.4. The van der Waals surface area contributed by atoms with Gasteiger partial charge < -0.3 is 10.1 Å². The van der Waals surface area contributed by atoms with E-state index >= 15 is 0 Å². The van der Waals surface area contributed by atoms with E-state index in [-0.39, 0.29) is 17.9 Å². The Morgan fingerprint density at radius 3 is 2.32 bits per heavy atom. The lowest BCUT2D eigenvalue weighted by Crippen LogP contribution is -2.35. The van der Waals surface area contributed by atoms with Gasteiger partial charge in [-0.2, -0.15) is 0 Å². The van der Waals surface area contributed by atoms with Gasteiger partial charge in [-0.25, -0.2) is 0 Å². The highest BCUT2D eigenvalue weighted by Crippen LogP contribution is 2.33. The lowest BCUT2D eigenvalue weighted by Gasteiger charge is -2.18. The summed E-state index contributed by atoms with van der Waals surface area (Å²) in [5, 5.41) is 3.76. The predicted molar refractivity (Wildman–Crippen MR) is 79.4 cm³/mol. The summed E-state index contributed by atoms with van der Waals surface area (Å²) >= 11 is 17.6. The maximum atomic E-state index is 11.6. The van der Waals surface area contributed by atoms with Crippen LogP contribution in [0.4, 0.5) is 0 Å². The molecule has 0 unspecified atom stereocenters. The molecule has 0 spiro atoms. The van der Waals surface area contributed by atoms with Crippen LogP contribution in [0, 0.1) is 5.41 Å². The Balaban J connectivity index is 2.53. The Morgan fingerprint density at radius 1 is 1.16 bits per heavy atom. The minimum atomic E-state index is -0.211. The van der Waals surface area contributed by atoms with Crippen molar-refractivity contribution in [3.8, 4) is 5.75 Å². The predicted octanol–water partition coefficient (Wildman–Crippen LogP) is 4.19. The molecule has 1 aromatic carbocycles. The smallest absolute Gasteiger partial charge is 0.257 e. The van der Waals surface area contributed by atoms with Gasteiger partial charge in [0, 0.05) is 12.6 Å². The Labute approximate surface area is 128 Å². The van der Waals surface area contributed by atoms with Gasteiger partial charge in [0.05, 0.1) is 15.1 Å². The zero-order chi connectivity index (χ0) is 14.6. The molecule has 1 rings (SSSR count). The fourth-order valence-corrected chi connectivity index (χ4v) is 1.76. The summed E-state index contributed by atoms with van der Waals surface area (Å²) in [6, 6.07) is 2.97. The number of nitrogens with one attached hydrogen (secondary N) is 1. The van der Waals surface area contributed by atoms with Gasteiger partial charge in [-0.1, -0.05) is 55.6 Å². The van der Waals surface area contributed by atoms with Crippen LogP contribution in [-0.4, -0.2) is 19.1 Å². The molecular weight excluding hydrogens is 309 g/mol. The van der Waals surface area contributed by atoms with Crippen LogP contribution >= 0.6 is 34.8 Å². The van der Waals surface area contributed by atoms with Crippen molar-refractivity contribution in [1.82, 2.24) is 5.32 Å². The van der Waals surface area contributed by atoms with E-state index in [2.05, 4.69) is 5.32 Å². The highest BCUT2D eigenvalue weighted by molar-refractivity contribution is 6.43. The van der Waals surface area contributed by atoms with E-state index < -0.39 is 0 Å². The van der Waals surface area contributed by atoms with Gasteiger partial charge in [-0.3, -0.25) is 4.79 Å². The van der Waals surface area contributed by atoms with E-state index in [1.54, 1.807) is 0 Å². The molecule has 1 amide bonds. The molecule has 1 N–H and O–H groups in total. The van der Waals surface area contributed by atoms with Gasteiger partial charge >= 0.3 is 0 Å². The van der Waals surface area contributed by atoms with Crippen molar-refractivity contribution in [2.45, 2.75) is 20.8 Å². The lowest BCUT2D eigenvalue weighted by molar-refractivity contribution is -0.123. The van der Waals surface area contributed by atoms with Crippen molar-refractivity contribution < 1.29 is 9.53 Å². The third kappa shape index (κ3) is 5.89. The minimum absolute atomic E-state index is 0.0247. The molecule has 6 heteroatoms. The highest BCUT2D eigenvalue weighted by atomic mass is 35.5. The number of ether oxygens (including phenoxy) is 1. The van der Waals surface area contributed by atoms with Gasteiger partial charge in [-0.05, 0) is 11.5 Å². The van der Waals surface area contributed by atoms with Gasteiger partial charge in [0.2, 0.25) is 0 Å². The third-order valence-electron chi connectivity index (χ3n) is 2.15. The van der Waals surface area contributed by atoms with Crippen LogP contribution in [0.25, 0.3) is 0 Å². The summed E-state index contributed by atoms with van der Waals surface area (Å²) in [5.41, 5.74) is 0.0247. The fourth-order valence-electron chi connectivity index (χ4n) is 1.17. The number of hydrogen-bond donors (Lipinski definition) is 1. The van der Waals surface area contributed by atoms with Gasteiger partial charge in [0.1, 0.15) is 5.75 Å². The van der Waals surface area contributed by atoms with Crippen molar-refractivity contribution in [2.24, 2.45) is 5.41 Å². The molecule has 0 aliphatic heterocycles. The number of benzene rings is 1. The van der Waals surface area contributed by atoms with Crippen molar-refractivity contribution >= 4 is 40.7 Å². The number of halogens is 3. The van der Waals surface area contributed by atoms with Crippen molar-refractivity contribution in [2.75, 3.05) is 13.2 Å². The van der Waals surface area contributed by atoms with Crippen LogP contribution in [-0.2, 0) is 4.79 Å². The summed E-state index contributed by atoms with van der Waals surface area (Å²) in [6.45, 7) is 6.55. The average Bonchev–Trinajstić information content (AvgIpc) is 2.28. The van der Waals surface area contributed by atoms with Crippen LogP contribution in [0.2, 0.25) is 15.1 Å². The van der Waals surface area contributed by atoms with Crippen LogP contribution < -0.4 is 10.1 Å². The lowest BCUT2D eigenvalue weighted by atomic mass is 9.97. The second-order valence-electron chi connectivity index (χ2n) is 5.32. The molecule has 1 aromatic rings. The molecule has 0 saturated heterocycles. The fraction of sp³-hybridized carbons (Fsp3) is 0.462. The first-order valence-electron chi connectivity index (χ1n) is 5.73. The molecule has 0 aliphatic rings. The van der Waals surface area contributed by atoms with E-state index in [0.29, 0.717) is 27.4 Å². The largest absolute Gasteiger partial charge is 0.482 e. The first-order valence-corrected chi connectivity index (χ1v) is 6.86. The van der Waals surface area contributed by atoms with Gasteiger partial charge in [0.25, 0.3) is 5.91 Å². The molecule has 0 fully saturated rings. The maximum absolute atomic E-state index is 11.6. The van der Waals surface area contributed by atoms with Crippen LogP contribution in [0.1, 0.15) is 20.8 Å². The van der Waals surface area contributed by atoms with Crippen LogP contribution in [0.5, 0.6) is 5.75 Å². The van der Waals surface area contributed by atoms with Crippen LogP contribution in [0.15, 0.2) is 12.1 Å². The molecule has 106 valence electrons. The molecule has 0 bridgehead atoms. The normalized spacial score (nSPS) is 11.3. The Bertz CT molecular complexity index is 470. The van der Waals surface area contributed by atoms with Gasteiger partial charge in [0.15, 0.2) is 6.61 Å². The highest BCUT2D eigenvalue weighted by Gasteiger charge is 2.13. The summed E-state index contributed by atoms with van der Waals surface area (Å²) in [4.78, 5) is 11.6. The SMILES string of the molecule is CC(C)(C)CNC(=O)COc1cc(Cl)c(Cl)cc1Cl. The molecule has 19 heavy (non-hydrogen) atoms. The molecule has 0 atom stereocenters. The van der Waals surface area contributed by atoms with Crippen molar-refractivity contribution in [3.05, 3.63) is 27.2 Å². The zero-order valence-electron chi connectivity index (χ0n) is 11.0. The average molecular weight is 325 g/mol. The number of hydrogen-bond acceptors (Lipinski definition) is 2. The monoisotopic (exact) mass is 323 g/mol. The number of carbonyl (C=O) groups excluding carboxylic acids is 1. The van der Waals surface area contributed by atoms with Crippen LogP contribution in [0.3, 0.4) is 0 Å².